The fourth-order valence-electron chi connectivity index (χ4n) is 3.49. The highest BCUT2D eigenvalue weighted by Gasteiger charge is 2.28. The minimum Gasteiger partial charge on any atom is -0.369 e. The van der Waals surface area contributed by atoms with Crippen LogP contribution in [0.4, 0.5) is 5.69 Å². The summed E-state index contributed by atoms with van der Waals surface area (Å²) in [5, 5.41) is 1.83. The fourth-order valence-corrected chi connectivity index (χ4v) is 4.35. The third-order valence-corrected chi connectivity index (χ3v) is 5.35. The number of rotatable bonds is 2. The summed E-state index contributed by atoms with van der Waals surface area (Å²) < 4.78 is 0.999. The lowest BCUT2D eigenvalue weighted by Gasteiger charge is -2.25. The highest BCUT2D eigenvalue weighted by molar-refractivity contribution is 9.10. The molecule has 0 N–H and O–H groups in total. The third-order valence-electron chi connectivity index (χ3n) is 4.61. The molecule has 1 aromatic carbocycles. The van der Waals surface area contributed by atoms with E-state index in [1.165, 1.54) is 12.1 Å². The first kappa shape index (κ1) is 14.5. The van der Waals surface area contributed by atoms with Gasteiger partial charge in [0.05, 0.1) is 10.5 Å². The first-order valence-electron chi connectivity index (χ1n) is 7.60. The second kappa shape index (κ2) is 5.84. The molecular weight excluding hydrogens is 362 g/mol. The maximum atomic E-state index is 6.35. The molecule has 0 aliphatic carbocycles. The van der Waals surface area contributed by atoms with Crippen molar-refractivity contribution in [2.45, 2.75) is 12.5 Å². The Labute approximate surface area is 143 Å². The molecule has 0 spiro atoms. The molecule has 3 nitrogen and oxygen atoms in total. The van der Waals surface area contributed by atoms with Gasteiger partial charge in [-0.2, -0.15) is 0 Å². The lowest BCUT2D eigenvalue weighted by Crippen LogP contribution is -2.35. The van der Waals surface area contributed by atoms with Gasteiger partial charge in [-0.05, 0) is 24.6 Å². The maximum Gasteiger partial charge on any atom is 0.0909 e. The molecule has 0 saturated carbocycles. The number of hydrogen-bond donors (Lipinski definition) is 0. The number of fused-ring (bicyclic) bond motifs is 1. The van der Waals surface area contributed by atoms with Gasteiger partial charge in [-0.25, -0.2) is 0 Å². The minimum absolute atomic E-state index is 0.640. The van der Waals surface area contributed by atoms with Gasteiger partial charge in [0.25, 0.3) is 0 Å². The lowest BCUT2D eigenvalue weighted by molar-refractivity contribution is 0.271. The van der Waals surface area contributed by atoms with E-state index < -0.39 is 0 Å². The zero-order valence-electron chi connectivity index (χ0n) is 12.2. The summed E-state index contributed by atoms with van der Waals surface area (Å²) in [5.41, 5.74) is 2.12. The van der Waals surface area contributed by atoms with E-state index in [4.69, 9.17) is 11.6 Å². The largest absolute Gasteiger partial charge is 0.369 e. The van der Waals surface area contributed by atoms with Crippen LogP contribution in [0.1, 0.15) is 6.42 Å². The van der Waals surface area contributed by atoms with Gasteiger partial charge >= 0.3 is 0 Å². The molecule has 1 unspecified atom stereocenters. The lowest BCUT2D eigenvalue weighted by atomic mass is 10.1. The van der Waals surface area contributed by atoms with Crippen molar-refractivity contribution in [3.8, 4) is 0 Å². The highest BCUT2D eigenvalue weighted by Crippen LogP contribution is 2.34. The van der Waals surface area contributed by atoms with E-state index in [-0.39, 0.29) is 0 Å². The number of aromatic nitrogens is 1. The Balaban J connectivity index is 1.67. The average molecular weight is 379 g/mol. The molecular formula is C17H17BrClN3. The van der Waals surface area contributed by atoms with Gasteiger partial charge in [-0.3, -0.25) is 9.88 Å². The SMILES string of the molecule is Clc1cc(Br)cc2c(N3CCC(N4CC=CC4)C3)ccnc12. The number of benzene rings is 1. The Morgan fingerprint density at radius 2 is 2.05 bits per heavy atom. The van der Waals surface area contributed by atoms with Crippen molar-refractivity contribution in [3.05, 3.63) is 46.0 Å². The quantitative estimate of drug-likeness (QED) is 0.733. The topological polar surface area (TPSA) is 19.4 Å². The van der Waals surface area contributed by atoms with Gasteiger partial charge < -0.3 is 4.90 Å². The van der Waals surface area contributed by atoms with Crippen LogP contribution in [0.25, 0.3) is 10.9 Å². The first-order valence-corrected chi connectivity index (χ1v) is 8.77. The third kappa shape index (κ3) is 2.53. The first-order chi connectivity index (χ1) is 10.7. The van der Waals surface area contributed by atoms with E-state index >= 15 is 0 Å². The number of pyridine rings is 1. The van der Waals surface area contributed by atoms with Crippen molar-refractivity contribution in [3.63, 3.8) is 0 Å². The predicted molar refractivity (Wildman–Crippen MR) is 95.8 cm³/mol. The number of halogens is 2. The molecule has 1 aromatic heterocycles. The molecule has 0 radical (unpaired) electrons. The molecule has 0 bridgehead atoms. The van der Waals surface area contributed by atoms with Gasteiger partial charge in [0.15, 0.2) is 0 Å². The summed E-state index contributed by atoms with van der Waals surface area (Å²) in [7, 11) is 0. The van der Waals surface area contributed by atoms with Crippen LogP contribution in [0.15, 0.2) is 41.0 Å². The van der Waals surface area contributed by atoms with Gasteiger partial charge in [-0.15, -0.1) is 0 Å². The second-order valence-electron chi connectivity index (χ2n) is 5.93. The van der Waals surface area contributed by atoms with Crippen LogP contribution >= 0.6 is 27.5 Å². The predicted octanol–water partition coefficient (Wildman–Crippen LogP) is 4.10. The van der Waals surface area contributed by atoms with E-state index in [0.717, 1.165) is 41.6 Å². The van der Waals surface area contributed by atoms with E-state index in [1.54, 1.807) is 0 Å². The standard InChI is InChI=1S/C17H17BrClN3/c18-12-9-14-16(3-5-20-17(14)15(19)10-12)22-8-4-13(11-22)21-6-1-2-7-21/h1-3,5,9-10,13H,4,6-8,11H2. The second-order valence-corrected chi connectivity index (χ2v) is 7.25. The van der Waals surface area contributed by atoms with E-state index in [1.807, 2.05) is 12.3 Å². The molecule has 114 valence electrons. The molecule has 0 amide bonds. The molecule has 2 aliphatic rings. The van der Waals surface area contributed by atoms with E-state index in [0.29, 0.717) is 11.1 Å². The summed E-state index contributed by atoms with van der Waals surface area (Å²) in [6, 6.07) is 6.77. The Kier molecular flexibility index (Phi) is 3.84. The van der Waals surface area contributed by atoms with Crippen molar-refractivity contribution in [1.82, 2.24) is 9.88 Å². The van der Waals surface area contributed by atoms with Gasteiger partial charge in [-0.1, -0.05) is 39.7 Å². The van der Waals surface area contributed by atoms with Gasteiger partial charge in [0, 0.05) is 54.0 Å². The summed E-state index contributed by atoms with van der Waals surface area (Å²) in [6.45, 7) is 4.34. The van der Waals surface area contributed by atoms with Crippen LogP contribution in [0, 0.1) is 0 Å². The number of hydrogen-bond acceptors (Lipinski definition) is 3. The highest BCUT2D eigenvalue weighted by atomic mass is 79.9. The zero-order chi connectivity index (χ0) is 15.1. The summed E-state index contributed by atoms with van der Waals surface area (Å²) in [5.74, 6) is 0. The molecule has 22 heavy (non-hydrogen) atoms. The Bertz CT molecular complexity index is 738. The van der Waals surface area contributed by atoms with Crippen LogP contribution in [0.2, 0.25) is 5.02 Å². The van der Waals surface area contributed by atoms with Crippen molar-refractivity contribution in [2.24, 2.45) is 0 Å². The summed E-state index contributed by atoms with van der Waals surface area (Å²) in [4.78, 5) is 9.47. The molecule has 1 fully saturated rings. The molecule has 4 rings (SSSR count). The molecule has 1 saturated heterocycles. The van der Waals surface area contributed by atoms with Crippen LogP contribution in [-0.2, 0) is 0 Å². The number of anilines is 1. The normalized spacial score (nSPS) is 22.1. The van der Waals surface area contributed by atoms with Crippen molar-refractivity contribution in [1.29, 1.82) is 0 Å². The molecule has 3 heterocycles. The number of nitrogens with zero attached hydrogens (tertiary/aromatic N) is 3. The summed E-state index contributed by atoms with van der Waals surface area (Å²) in [6.07, 6.45) is 7.61. The van der Waals surface area contributed by atoms with Crippen LogP contribution in [-0.4, -0.2) is 42.1 Å². The molecule has 2 aliphatic heterocycles. The summed E-state index contributed by atoms with van der Waals surface area (Å²) >= 11 is 9.89. The van der Waals surface area contributed by atoms with E-state index in [2.05, 4.69) is 55.0 Å². The monoisotopic (exact) mass is 377 g/mol. The molecule has 5 heteroatoms. The minimum atomic E-state index is 0.640. The van der Waals surface area contributed by atoms with Crippen LogP contribution < -0.4 is 4.90 Å². The van der Waals surface area contributed by atoms with Crippen molar-refractivity contribution in [2.75, 3.05) is 31.1 Å². The van der Waals surface area contributed by atoms with Crippen LogP contribution in [0.5, 0.6) is 0 Å². The van der Waals surface area contributed by atoms with Crippen molar-refractivity contribution >= 4 is 44.1 Å². The maximum absolute atomic E-state index is 6.35. The van der Waals surface area contributed by atoms with Crippen molar-refractivity contribution < 1.29 is 0 Å². The Morgan fingerprint density at radius 3 is 2.86 bits per heavy atom. The van der Waals surface area contributed by atoms with Crippen LogP contribution in [0.3, 0.4) is 0 Å². The average Bonchev–Trinajstić information content (AvgIpc) is 3.18. The van der Waals surface area contributed by atoms with Gasteiger partial charge in [0.2, 0.25) is 0 Å². The van der Waals surface area contributed by atoms with Gasteiger partial charge in [0.1, 0.15) is 0 Å². The zero-order valence-corrected chi connectivity index (χ0v) is 14.5. The molecule has 2 aromatic rings. The molecule has 1 atom stereocenters. The fraction of sp³-hybridized carbons (Fsp3) is 0.353. The Hall–Kier alpha value is -1.10. The van der Waals surface area contributed by atoms with E-state index in [9.17, 15) is 0 Å². The Morgan fingerprint density at radius 1 is 1.23 bits per heavy atom. The smallest absolute Gasteiger partial charge is 0.0909 e.